The van der Waals surface area contributed by atoms with Crippen LogP contribution in [0.5, 0.6) is 0 Å². The smallest absolute Gasteiger partial charge is 0.305 e. The lowest BCUT2D eigenvalue weighted by molar-refractivity contribution is -0.140. The highest BCUT2D eigenvalue weighted by Crippen LogP contribution is 2.46. The Balaban J connectivity index is 1.95. The van der Waals surface area contributed by atoms with Gasteiger partial charge < -0.3 is 14.8 Å². The van der Waals surface area contributed by atoms with Crippen molar-refractivity contribution in [3.8, 4) is 0 Å². The zero-order valence-corrected chi connectivity index (χ0v) is 16.1. The average molecular weight is 342 g/mol. The molecular weight excluding hydrogens is 302 g/mol. The molecule has 1 fully saturated rings. The molecule has 0 radical (unpaired) electrons. The first-order valence-corrected chi connectivity index (χ1v) is 9.95. The van der Waals surface area contributed by atoms with Gasteiger partial charge >= 0.3 is 5.97 Å². The van der Waals surface area contributed by atoms with E-state index in [1.165, 1.54) is 64.9 Å². The molecule has 1 aliphatic carbocycles. The van der Waals surface area contributed by atoms with Crippen LogP contribution in [0.1, 0.15) is 77.0 Å². The Labute approximate surface area is 149 Å². The van der Waals surface area contributed by atoms with Crippen molar-refractivity contribution in [1.82, 2.24) is 5.32 Å². The van der Waals surface area contributed by atoms with Crippen molar-refractivity contribution >= 4 is 5.97 Å². The standard InChI is InChI=1S/C20H39NO3/c1-21-14-10-6-8-12-19(23-2)16-18-15-17(18)11-7-4-5-9-13-20(22)24-3/h17-19,21H,4-16H2,1-3H3/t17?,18-,19?/m0/s1. The lowest BCUT2D eigenvalue weighted by Gasteiger charge is -2.15. The SMILES string of the molecule is CNCCCCCC(C[C@@H]1CC1CCCCCCC(=O)OC)OC. The molecule has 2 unspecified atom stereocenters. The monoisotopic (exact) mass is 341 g/mol. The summed E-state index contributed by atoms with van der Waals surface area (Å²) in [5, 5.41) is 3.20. The second-order valence-electron chi connectivity index (χ2n) is 7.33. The van der Waals surface area contributed by atoms with E-state index in [4.69, 9.17) is 4.74 Å². The van der Waals surface area contributed by atoms with Crippen molar-refractivity contribution < 1.29 is 14.3 Å². The molecule has 0 aliphatic heterocycles. The third-order valence-electron chi connectivity index (χ3n) is 5.35. The number of methoxy groups -OCH3 is 2. The van der Waals surface area contributed by atoms with Crippen LogP contribution in [0.15, 0.2) is 0 Å². The number of carbonyl (C=O) groups excluding carboxylic acids is 1. The Bertz CT molecular complexity index is 322. The van der Waals surface area contributed by atoms with Gasteiger partial charge in [-0.1, -0.05) is 38.5 Å². The summed E-state index contributed by atoms with van der Waals surface area (Å²) in [7, 11) is 5.35. The second kappa shape index (κ2) is 13.7. The molecule has 1 N–H and O–H groups in total. The molecule has 0 saturated heterocycles. The van der Waals surface area contributed by atoms with E-state index >= 15 is 0 Å². The fourth-order valence-corrected chi connectivity index (χ4v) is 3.60. The molecule has 1 rings (SSSR count). The van der Waals surface area contributed by atoms with Crippen LogP contribution in [-0.4, -0.2) is 39.9 Å². The van der Waals surface area contributed by atoms with Crippen molar-refractivity contribution in [2.75, 3.05) is 27.8 Å². The summed E-state index contributed by atoms with van der Waals surface area (Å²) in [6.45, 7) is 1.13. The Kier molecular flexibility index (Phi) is 12.2. The molecule has 1 aliphatic rings. The molecule has 0 amide bonds. The molecule has 24 heavy (non-hydrogen) atoms. The molecule has 0 aromatic heterocycles. The molecule has 0 spiro atoms. The van der Waals surface area contributed by atoms with Gasteiger partial charge in [0.25, 0.3) is 0 Å². The van der Waals surface area contributed by atoms with Crippen molar-refractivity contribution in [1.29, 1.82) is 0 Å². The van der Waals surface area contributed by atoms with Crippen LogP contribution in [0.25, 0.3) is 0 Å². The van der Waals surface area contributed by atoms with Gasteiger partial charge in [0.1, 0.15) is 0 Å². The first kappa shape index (κ1) is 21.4. The number of hydrogen-bond acceptors (Lipinski definition) is 4. The van der Waals surface area contributed by atoms with E-state index in [0.29, 0.717) is 12.5 Å². The minimum absolute atomic E-state index is 0.0752. The van der Waals surface area contributed by atoms with E-state index in [1.54, 1.807) is 0 Å². The summed E-state index contributed by atoms with van der Waals surface area (Å²) in [5.41, 5.74) is 0. The Morgan fingerprint density at radius 1 is 1.04 bits per heavy atom. The molecule has 0 heterocycles. The predicted molar refractivity (Wildman–Crippen MR) is 99.1 cm³/mol. The highest BCUT2D eigenvalue weighted by Gasteiger charge is 2.37. The van der Waals surface area contributed by atoms with Gasteiger partial charge in [0.15, 0.2) is 0 Å². The summed E-state index contributed by atoms with van der Waals surface area (Å²) in [6.07, 6.45) is 14.8. The molecule has 0 aromatic rings. The van der Waals surface area contributed by atoms with Crippen molar-refractivity contribution in [2.45, 2.75) is 83.2 Å². The van der Waals surface area contributed by atoms with Gasteiger partial charge in [0, 0.05) is 13.5 Å². The van der Waals surface area contributed by atoms with E-state index in [1.807, 2.05) is 14.2 Å². The van der Waals surface area contributed by atoms with Gasteiger partial charge in [-0.3, -0.25) is 4.79 Å². The molecule has 142 valence electrons. The minimum Gasteiger partial charge on any atom is -0.469 e. The van der Waals surface area contributed by atoms with Crippen LogP contribution in [0.3, 0.4) is 0 Å². The Morgan fingerprint density at radius 2 is 1.79 bits per heavy atom. The first-order valence-electron chi connectivity index (χ1n) is 9.95. The van der Waals surface area contributed by atoms with E-state index in [-0.39, 0.29) is 5.97 Å². The molecule has 4 nitrogen and oxygen atoms in total. The maximum absolute atomic E-state index is 11.0. The fourth-order valence-electron chi connectivity index (χ4n) is 3.60. The van der Waals surface area contributed by atoms with Crippen molar-refractivity contribution in [2.24, 2.45) is 11.8 Å². The zero-order chi connectivity index (χ0) is 17.6. The number of hydrogen-bond donors (Lipinski definition) is 1. The largest absolute Gasteiger partial charge is 0.469 e. The van der Waals surface area contributed by atoms with Crippen molar-refractivity contribution in [3.05, 3.63) is 0 Å². The molecule has 4 heteroatoms. The molecule has 0 aromatic carbocycles. The summed E-state index contributed by atoms with van der Waals surface area (Å²) >= 11 is 0. The number of nitrogens with one attached hydrogen (secondary N) is 1. The van der Waals surface area contributed by atoms with Crippen LogP contribution >= 0.6 is 0 Å². The Hall–Kier alpha value is -0.610. The van der Waals surface area contributed by atoms with Gasteiger partial charge in [-0.05, 0) is 57.5 Å². The van der Waals surface area contributed by atoms with Crippen LogP contribution < -0.4 is 5.32 Å². The summed E-state index contributed by atoms with van der Waals surface area (Å²) < 4.78 is 10.3. The van der Waals surface area contributed by atoms with Gasteiger partial charge in [0.05, 0.1) is 13.2 Å². The normalized spacial score (nSPS) is 20.8. The summed E-state index contributed by atoms with van der Waals surface area (Å²) in [6, 6.07) is 0. The average Bonchev–Trinajstić information content (AvgIpc) is 3.34. The third-order valence-corrected chi connectivity index (χ3v) is 5.35. The van der Waals surface area contributed by atoms with Gasteiger partial charge in [-0.2, -0.15) is 0 Å². The summed E-state index contributed by atoms with van der Waals surface area (Å²) in [4.78, 5) is 11.0. The molecular formula is C20H39NO3. The topological polar surface area (TPSA) is 47.6 Å². The minimum atomic E-state index is -0.0752. The number of rotatable bonds is 16. The van der Waals surface area contributed by atoms with Crippen LogP contribution in [0.2, 0.25) is 0 Å². The number of esters is 1. The second-order valence-corrected chi connectivity index (χ2v) is 7.33. The Morgan fingerprint density at radius 3 is 2.50 bits per heavy atom. The number of carbonyl (C=O) groups is 1. The van der Waals surface area contributed by atoms with E-state index in [2.05, 4.69) is 10.1 Å². The van der Waals surface area contributed by atoms with Crippen LogP contribution in [0.4, 0.5) is 0 Å². The maximum Gasteiger partial charge on any atom is 0.305 e. The number of unbranched alkanes of at least 4 members (excludes halogenated alkanes) is 5. The molecule has 3 atom stereocenters. The van der Waals surface area contributed by atoms with Gasteiger partial charge in [-0.25, -0.2) is 0 Å². The lowest BCUT2D eigenvalue weighted by Crippen LogP contribution is -2.12. The molecule has 1 saturated carbocycles. The quantitative estimate of drug-likeness (QED) is 0.335. The van der Waals surface area contributed by atoms with E-state index in [0.717, 1.165) is 31.2 Å². The predicted octanol–water partition coefficient (Wildman–Crippen LogP) is 4.32. The lowest BCUT2D eigenvalue weighted by atomic mass is 10.0. The molecule has 0 bridgehead atoms. The van der Waals surface area contributed by atoms with Crippen LogP contribution in [-0.2, 0) is 14.3 Å². The fraction of sp³-hybridized carbons (Fsp3) is 0.950. The van der Waals surface area contributed by atoms with Crippen molar-refractivity contribution in [3.63, 3.8) is 0 Å². The summed E-state index contributed by atoms with van der Waals surface area (Å²) in [5.74, 6) is 1.77. The van der Waals surface area contributed by atoms with Crippen LogP contribution in [0, 0.1) is 11.8 Å². The van der Waals surface area contributed by atoms with Gasteiger partial charge in [0.2, 0.25) is 0 Å². The highest BCUT2D eigenvalue weighted by molar-refractivity contribution is 5.68. The maximum atomic E-state index is 11.0. The van der Waals surface area contributed by atoms with E-state index in [9.17, 15) is 4.79 Å². The third kappa shape index (κ3) is 10.3. The zero-order valence-electron chi connectivity index (χ0n) is 16.1. The highest BCUT2D eigenvalue weighted by atomic mass is 16.5. The van der Waals surface area contributed by atoms with E-state index < -0.39 is 0 Å². The number of ether oxygens (including phenoxy) is 2. The first-order chi connectivity index (χ1) is 11.7. The van der Waals surface area contributed by atoms with Gasteiger partial charge in [-0.15, -0.1) is 0 Å².